The molecule has 0 radical (unpaired) electrons. The Hall–Kier alpha value is -0.120. The molecule has 2 rings (SSSR count). The van der Waals surface area contributed by atoms with Gasteiger partial charge in [0.25, 0.3) is 0 Å². The Morgan fingerprint density at radius 2 is 1.89 bits per heavy atom. The molecule has 0 bridgehead atoms. The number of likely N-dealkylation sites (N-methyl/N-ethyl adjacent to an activating group) is 1. The molecule has 1 saturated heterocycles. The van der Waals surface area contributed by atoms with Crippen molar-refractivity contribution < 1.29 is 5.11 Å². The van der Waals surface area contributed by atoms with E-state index in [1.165, 1.54) is 45.3 Å². The molecule has 1 heterocycles. The Morgan fingerprint density at radius 1 is 1.11 bits per heavy atom. The van der Waals surface area contributed by atoms with Gasteiger partial charge in [-0.3, -0.25) is 0 Å². The Labute approximate surface area is 119 Å². The lowest BCUT2D eigenvalue weighted by Gasteiger charge is -2.42. The van der Waals surface area contributed by atoms with Gasteiger partial charge < -0.3 is 14.9 Å². The minimum absolute atomic E-state index is 0.0532. The zero-order valence-electron chi connectivity index (χ0n) is 13.0. The number of rotatable bonds is 4. The molecule has 0 spiro atoms. The Morgan fingerprint density at radius 3 is 2.58 bits per heavy atom. The van der Waals surface area contributed by atoms with Crippen molar-refractivity contribution in [1.29, 1.82) is 0 Å². The molecule has 1 aliphatic carbocycles. The summed E-state index contributed by atoms with van der Waals surface area (Å²) in [7, 11) is 2.24. The third-order valence-corrected chi connectivity index (χ3v) is 5.45. The van der Waals surface area contributed by atoms with E-state index in [9.17, 15) is 5.11 Å². The Kier molecular flexibility index (Phi) is 5.67. The zero-order chi connectivity index (χ0) is 13.8. The second-order valence-corrected chi connectivity index (χ2v) is 6.72. The summed E-state index contributed by atoms with van der Waals surface area (Å²) in [6.45, 7) is 9.23. The van der Waals surface area contributed by atoms with Crippen molar-refractivity contribution >= 4 is 0 Å². The molecule has 19 heavy (non-hydrogen) atoms. The maximum atomic E-state index is 10.3. The SMILES string of the molecule is CCC1CCC(O)C(CN2CCN(C)C(CC)C2)C1. The summed E-state index contributed by atoms with van der Waals surface area (Å²) in [5, 5.41) is 10.3. The first-order valence-electron chi connectivity index (χ1n) is 8.24. The van der Waals surface area contributed by atoms with Crippen molar-refractivity contribution in [1.82, 2.24) is 9.80 Å². The number of aliphatic hydroxyl groups excluding tert-OH is 1. The number of nitrogens with zero attached hydrogens (tertiary/aromatic N) is 2. The maximum Gasteiger partial charge on any atom is 0.0580 e. The van der Waals surface area contributed by atoms with Crippen LogP contribution in [0.4, 0.5) is 0 Å². The lowest BCUT2D eigenvalue weighted by molar-refractivity contribution is 0.00838. The summed E-state index contributed by atoms with van der Waals surface area (Å²) in [4.78, 5) is 5.09. The van der Waals surface area contributed by atoms with Crippen LogP contribution in [0.15, 0.2) is 0 Å². The van der Waals surface area contributed by atoms with E-state index in [0.29, 0.717) is 12.0 Å². The minimum Gasteiger partial charge on any atom is -0.393 e. The van der Waals surface area contributed by atoms with Gasteiger partial charge in [-0.1, -0.05) is 20.3 Å². The van der Waals surface area contributed by atoms with Gasteiger partial charge in [0, 0.05) is 32.2 Å². The van der Waals surface area contributed by atoms with Gasteiger partial charge in [0.15, 0.2) is 0 Å². The van der Waals surface area contributed by atoms with E-state index in [-0.39, 0.29) is 6.10 Å². The van der Waals surface area contributed by atoms with Crippen LogP contribution in [0.3, 0.4) is 0 Å². The van der Waals surface area contributed by atoms with E-state index < -0.39 is 0 Å². The highest BCUT2D eigenvalue weighted by molar-refractivity contribution is 4.85. The van der Waals surface area contributed by atoms with Crippen LogP contribution in [0.2, 0.25) is 0 Å². The van der Waals surface area contributed by atoms with Gasteiger partial charge in [-0.2, -0.15) is 0 Å². The van der Waals surface area contributed by atoms with Crippen LogP contribution >= 0.6 is 0 Å². The van der Waals surface area contributed by atoms with Crippen LogP contribution in [0.1, 0.15) is 46.0 Å². The molecule has 112 valence electrons. The fourth-order valence-corrected chi connectivity index (χ4v) is 3.86. The molecule has 0 amide bonds. The highest BCUT2D eigenvalue weighted by atomic mass is 16.3. The number of hydrogen-bond donors (Lipinski definition) is 1. The quantitative estimate of drug-likeness (QED) is 0.847. The lowest BCUT2D eigenvalue weighted by Crippen LogP contribution is -2.53. The molecular weight excluding hydrogens is 236 g/mol. The van der Waals surface area contributed by atoms with E-state index in [0.717, 1.165) is 18.9 Å². The molecule has 4 unspecified atom stereocenters. The van der Waals surface area contributed by atoms with Crippen molar-refractivity contribution in [3.05, 3.63) is 0 Å². The van der Waals surface area contributed by atoms with Gasteiger partial charge in [-0.15, -0.1) is 0 Å². The Balaban J connectivity index is 1.85. The minimum atomic E-state index is -0.0532. The van der Waals surface area contributed by atoms with Gasteiger partial charge in [0.1, 0.15) is 0 Å². The predicted molar refractivity (Wildman–Crippen MR) is 80.3 cm³/mol. The fourth-order valence-electron chi connectivity index (χ4n) is 3.86. The molecule has 1 saturated carbocycles. The topological polar surface area (TPSA) is 26.7 Å². The van der Waals surface area contributed by atoms with Gasteiger partial charge in [-0.05, 0) is 44.6 Å². The summed E-state index contributed by atoms with van der Waals surface area (Å²) in [6, 6.07) is 0.705. The van der Waals surface area contributed by atoms with Crippen LogP contribution < -0.4 is 0 Å². The van der Waals surface area contributed by atoms with Gasteiger partial charge in [-0.25, -0.2) is 0 Å². The van der Waals surface area contributed by atoms with E-state index in [1.54, 1.807) is 0 Å². The average molecular weight is 268 g/mol. The Bertz CT molecular complexity index is 271. The molecule has 0 aromatic heterocycles. The number of hydrogen-bond acceptors (Lipinski definition) is 3. The summed E-state index contributed by atoms with van der Waals surface area (Å²) < 4.78 is 0. The van der Waals surface area contributed by atoms with Crippen LogP contribution in [-0.2, 0) is 0 Å². The first-order chi connectivity index (χ1) is 9.13. The average Bonchev–Trinajstić information content (AvgIpc) is 2.43. The molecule has 4 atom stereocenters. The van der Waals surface area contributed by atoms with E-state index in [1.807, 2.05) is 0 Å². The van der Waals surface area contributed by atoms with Gasteiger partial charge in [0.2, 0.25) is 0 Å². The van der Waals surface area contributed by atoms with Gasteiger partial charge in [0.05, 0.1) is 6.10 Å². The third-order valence-electron chi connectivity index (χ3n) is 5.45. The summed E-state index contributed by atoms with van der Waals surface area (Å²) in [6.07, 6.45) is 5.95. The first-order valence-corrected chi connectivity index (χ1v) is 8.24. The summed E-state index contributed by atoms with van der Waals surface area (Å²) >= 11 is 0. The predicted octanol–water partition coefficient (Wildman–Crippen LogP) is 2.20. The molecule has 0 aromatic rings. The smallest absolute Gasteiger partial charge is 0.0580 e. The van der Waals surface area contributed by atoms with Crippen LogP contribution in [0, 0.1) is 11.8 Å². The molecule has 0 aromatic carbocycles. The normalized spacial score (nSPS) is 38.5. The van der Waals surface area contributed by atoms with Crippen molar-refractivity contribution in [2.75, 3.05) is 33.2 Å². The molecule has 3 nitrogen and oxygen atoms in total. The van der Waals surface area contributed by atoms with Crippen molar-refractivity contribution in [2.45, 2.75) is 58.1 Å². The van der Waals surface area contributed by atoms with Gasteiger partial charge >= 0.3 is 0 Å². The van der Waals surface area contributed by atoms with Crippen LogP contribution in [0.25, 0.3) is 0 Å². The second-order valence-electron chi connectivity index (χ2n) is 6.72. The summed E-state index contributed by atoms with van der Waals surface area (Å²) in [5.41, 5.74) is 0. The molecular formula is C16H32N2O. The molecule has 3 heteroatoms. The van der Waals surface area contributed by atoms with E-state index in [4.69, 9.17) is 0 Å². The largest absolute Gasteiger partial charge is 0.393 e. The zero-order valence-corrected chi connectivity index (χ0v) is 13.0. The highest BCUT2D eigenvalue weighted by Crippen LogP contribution is 2.32. The van der Waals surface area contributed by atoms with Crippen LogP contribution in [-0.4, -0.2) is 60.3 Å². The highest BCUT2D eigenvalue weighted by Gasteiger charge is 2.31. The molecule has 2 fully saturated rings. The number of piperazine rings is 1. The van der Waals surface area contributed by atoms with Crippen molar-refractivity contribution in [3.8, 4) is 0 Å². The molecule has 1 aliphatic heterocycles. The number of aliphatic hydroxyl groups is 1. The standard InChI is InChI=1S/C16H32N2O/c1-4-13-6-7-16(19)14(10-13)11-18-9-8-17(3)15(5-2)12-18/h13-16,19H,4-12H2,1-3H3. The van der Waals surface area contributed by atoms with Crippen molar-refractivity contribution in [2.24, 2.45) is 11.8 Å². The van der Waals surface area contributed by atoms with Crippen LogP contribution in [0.5, 0.6) is 0 Å². The third kappa shape index (κ3) is 3.93. The monoisotopic (exact) mass is 268 g/mol. The first kappa shape index (κ1) is 15.3. The second kappa shape index (κ2) is 7.05. The van der Waals surface area contributed by atoms with Crippen molar-refractivity contribution in [3.63, 3.8) is 0 Å². The van der Waals surface area contributed by atoms with E-state index >= 15 is 0 Å². The molecule has 2 aliphatic rings. The molecule has 1 N–H and O–H groups in total. The fraction of sp³-hybridized carbons (Fsp3) is 1.00. The lowest BCUT2D eigenvalue weighted by atomic mass is 9.78. The summed E-state index contributed by atoms with van der Waals surface area (Å²) in [5.74, 6) is 1.36. The van der Waals surface area contributed by atoms with E-state index in [2.05, 4.69) is 30.7 Å². The maximum absolute atomic E-state index is 10.3.